The van der Waals surface area contributed by atoms with Crippen molar-refractivity contribution in [1.82, 2.24) is 4.57 Å². The van der Waals surface area contributed by atoms with Crippen LogP contribution in [0.15, 0.2) is 42.7 Å². The Balaban J connectivity index is 2.29. The highest BCUT2D eigenvalue weighted by Gasteiger charge is 2.15. The van der Waals surface area contributed by atoms with E-state index in [1.807, 2.05) is 0 Å². The van der Waals surface area contributed by atoms with E-state index in [0.29, 0.717) is 0 Å². The second-order valence-electron chi connectivity index (χ2n) is 5.28. The topological polar surface area (TPSA) is 8.81 Å². The zero-order valence-corrected chi connectivity index (χ0v) is 11.9. The largest absolute Gasteiger partial charge is 0.343 e. The highest BCUT2D eigenvalue weighted by molar-refractivity contribution is 5.79. The Morgan fingerprint density at radius 2 is 1.68 bits per heavy atom. The molecule has 0 bridgehead atoms. The van der Waals surface area contributed by atoms with Gasteiger partial charge < -0.3 is 4.57 Å². The van der Waals surface area contributed by atoms with Crippen molar-refractivity contribution in [3.05, 3.63) is 59.5 Å². The number of nitrogens with zero attached hydrogens (tertiary/aromatic N) is 2. The highest BCUT2D eigenvalue weighted by atomic mass is 15.0. The van der Waals surface area contributed by atoms with Crippen LogP contribution in [-0.4, -0.2) is 4.57 Å². The number of rotatable bonds is 1. The summed E-state index contributed by atoms with van der Waals surface area (Å²) < 4.78 is 4.46. The van der Waals surface area contributed by atoms with Gasteiger partial charge in [0.05, 0.1) is 0 Å². The smallest absolute Gasteiger partial charge is 0.216 e. The van der Waals surface area contributed by atoms with E-state index in [-0.39, 0.29) is 0 Å². The van der Waals surface area contributed by atoms with Crippen LogP contribution in [0.5, 0.6) is 0 Å². The lowest BCUT2D eigenvalue weighted by molar-refractivity contribution is -0.595. The van der Waals surface area contributed by atoms with Gasteiger partial charge in [-0.2, -0.15) is 4.57 Å². The number of aryl methyl sites for hydroxylation is 4. The molecular formula is C17H19N2+. The predicted octanol–water partition coefficient (Wildman–Crippen LogP) is 3.38. The Kier molecular flexibility index (Phi) is 2.67. The van der Waals surface area contributed by atoms with Crippen LogP contribution in [0.3, 0.4) is 0 Å². The van der Waals surface area contributed by atoms with Crippen molar-refractivity contribution in [2.75, 3.05) is 0 Å². The molecule has 2 heteroatoms. The number of para-hydroxylation sites is 1. The van der Waals surface area contributed by atoms with Gasteiger partial charge in [0.25, 0.3) is 0 Å². The van der Waals surface area contributed by atoms with Crippen molar-refractivity contribution in [2.45, 2.75) is 20.8 Å². The molecule has 2 aromatic heterocycles. The molecule has 0 amide bonds. The predicted molar refractivity (Wildman–Crippen MR) is 78.7 cm³/mol. The first-order valence-corrected chi connectivity index (χ1v) is 6.62. The van der Waals surface area contributed by atoms with E-state index < -0.39 is 0 Å². The number of benzene rings is 1. The van der Waals surface area contributed by atoms with E-state index in [0.717, 1.165) is 0 Å². The lowest BCUT2D eigenvalue weighted by Gasteiger charge is -2.04. The minimum atomic E-state index is 1.27. The van der Waals surface area contributed by atoms with E-state index in [4.69, 9.17) is 0 Å². The molecule has 0 aliphatic heterocycles. The zero-order valence-electron chi connectivity index (χ0n) is 11.9. The molecule has 0 unspecified atom stereocenters. The standard InChI is InChI=1S/C17H19N2/c1-12-6-5-7-13(2)17(12)19-9-8-15-10-14(3)18(4)16(15)11-19/h5-11H,1-4H3/q+1. The van der Waals surface area contributed by atoms with Crippen LogP contribution in [0, 0.1) is 20.8 Å². The van der Waals surface area contributed by atoms with Gasteiger partial charge in [-0.05, 0) is 26.8 Å². The van der Waals surface area contributed by atoms with Crippen LogP contribution in [0.1, 0.15) is 16.8 Å². The fourth-order valence-corrected chi connectivity index (χ4v) is 2.76. The van der Waals surface area contributed by atoms with E-state index in [2.05, 4.69) is 79.7 Å². The summed E-state index contributed by atoms with van der Waals surface area (Å²) >= 11 is 0. The van der Waals surface area contributed by atoms with Gasteiger partial charge in [0, 0.05) is 35.3 Å². The molecule has 0 atom stereocenters. The average molecular weight is 251 g/mol. The van der Waals surface area contributed by atoms with Crippen molar-refractivity contribution in [3.63, 3.8) is 0 Å². The number of pyridine rings is 1. The molecule has 0 spiro atoms. The van der Waals surface area contributed by atoms with Gasteiger partial charge in [0.1, 0.15) is 5.52 Å². The van der Waals surface area contributed by atoms with Gasteiger partial charge in [-0.1, -0.05) is 18.2 Å². The summed E-state index contributed by atoms with van der Waals surface area (Å²) in [5, 5.41) is 1.29. The maximum Gasteiger partial charge on any atom is 0.216 e. The minimum Gasteiger partial charge on any atom is -0.343 e. The molecule has 96 valence electrons. The molecule has 0 aliphatic carbocycles. The Morgan fingerprint density at radius 3 is 2.37 bits per heavy atom. The SMILES string of the molecule is Cc1cccc(C)c1-[n+]1ccc2cc(C)n(C)c2c1. The molecule has 2 heterocycles. The van der Waals surface area contributed by atoms with Gasteiger partial charge >= 0.3 is 0 Å². The third kappa shape index (κ3) is 1.84. The van der Waals surface area contributed by atoms with Crippen LogP contribution in [-0.2, 0) is 7.05 Å². The van der Waals surface area contributed by atoms with Gasteiger partial charge in [0.2, 0.25) is 5.69 Å². The maximum atomic E-state index is 2.24. The van der Waals surface area contributed by atoms with Crippen molar-refractivity contribution in [3.8, 4) is 5.69 Å². The summed E-state index contributed by atoms with van der Waals surface area (Å²) in [5.74, 6) is 0. The minimum absolute atomic E-state index is 1.27. The third-order valence-corrected chi connectivity index (χ3v) is 3.92. The van der Waals surface area contributed by atoms with Gasteiger partial charge in [0.15, 0.2) is 12.4 Å². The molecule has 3 rings (SSSR count). The van der Waals surface area contributed by atoms with E-state index >= 15 is 0 Å². The first kappa shape index (κ1) is 12.0. The molecule has 19 heavy (non-hydrogen) atoms. The summed E-state index contributed by atoms with van der Waals surface area (Å²) in [6.45, 7) is 6.47. The normalized spacial score (nSPS) is 11.2. The second kappa shape index (κ2) is 4.23. The van der Waals surface area contributed by atoms with Crippen LogP contribution < -0.4 is 4.57 Å². The summed E-state index contributed by atoms with van der Waals surface area (Å²) in [5.41, 5.74) is 6.44. The summed E-state index contributed by atoms with van der Waals surface area (Å²) in [4.78, 5) is 0. The summed E-state index contributed by atoms with van der Waals surface area (Å²) in [6.07, 6.45) is 4.37. The molecule has 2 nitrogen and oxygen atoms in total. The second-order valence-corrected chi connectivity index (χ2v) is 5.28. The van der Waals surface area contributed by atoms with Gasteiger partial charge in [-0.25, -0.2) is 0 Å². The van der Waals surface area contributed by atoms with Crippen molar-refractivity contribution in [2.24, 2.45) is 7.05 Å². The fraction of sp³-hybridized carbons (Fsp3) is 0.235. The maximum absolute atomic E-state index is 2.24. The first-order valence-electron chi connectivity index (χ1n) is 6.62. The first-order chi connectivity index (χ1) is 9.08. The van der Waals surface area contributed by atoms with Crippen LogP contribution >= 0.6 is 0 Å². The number of aromatic nitrogens is 2. The Bertz CT molecular complexity index is 746. The Hall–Kier alpha value is -2.09. The van der Waals surface area contributed by atoms with Crippen LogP contribution in [0.25, 0.3) is 16.6 Å². The van der Waals surface area contributed by atoms with E-state index in [9.17, 15) is 0 Å². The van der Waals surface area contributed by atoms with Crippen LogP contribution in [0.2, 0.25) is 0 Å². The number of hydrogen-bond acceptors (Lipinski definition) is 0. The molecule has 0 N–H and O–H groups in total. The molecule has 3 aromatic rings. The van der Waals surface area contributed by atoms with Crippen LogP contribution in [0.4, 0.5) is 0 Å². The van der Waals surface area contributed by atoms with Gasteiger partial charge in [-0.15, -0.1) is 0 Å². The molecule has 0 saturated carbocycles. The summed E-state index contributed by atoms with van der Waals surface area (Å²) in [6, 6.07) is 10.9. The van der Waals surface area contributed by atoms with Gasteiger partial charge in [-0.3, -0.25) is 0 Å². The Labute approximate surface area is 113 Å². The number of fused-ring (bicyclic) bond motifs is 1. The van der Waals surface area contributed by atoms with E-state index in [1.165, 1.54) is 33.4 Å². The van der Waals surface area contributed by atoms with E-state index in [1.54, 1.807) is 0 Å². The van der Waals surface area contributed by atoms with Crippen molar-refractivity contribution >= 4 is 10.9 Å². The summed E-state index contributed by atoms with van der Waals surface area (Å²) in [7, 11) is 2.12. The molecule has 0 fully saturated rings. The lowest BCUT2D eigenvalue weighted by atomic mass is 10.1. The lowest BCUT2D eigenvalue weighted by Crippen LogP contribution is -2.31. The molecule has 0 saturated heterocycles. The molecule has 0 aliphatic rings. The quantitative estimate of drug-likeness (QED) is 0.586. The molecular weight excluding hydrogens is 232 g/mol. The Morgan fingerprint density at radius 1 is 1.00 bits per heavy atom. The monoisotopic (exact) mass is 251 g/mol. The molecule has 1 aromatic carbocycles. The molecule has 0 radical (unpaired) electrons. The highest BCUT2D eigenvalue weighted by Crippen LogP contribution is 2.18. The zero-order chi connectivity index (χ0) is 13.6. The average Bonchev–Trinajstić information content (AvgIpc) is 2.65. The van der Waals surface area contributed by atoms with Crippen molar-refractivity contribution < 1.29 is 4.57 Å². The fourth-order valence-electron chi connectivity index (χ4n) is 2.76. The van der Waals surface area contributed by atoms with Crippen molar-refractivity contribution in [1.29, 1.82) is 0 Å². The number of hydrogen-bond donors (Lipinski definition) is 0. The third-order valence-electron chi connectivity index (χ3n) is 3.92.